The molecule has 4 fully saturated rings. The predicted octanol–water partition coefficient (Wildman–Crippen LogP) is 2.03. The standard InChI is InChI=1S/C18H31N3O.ClH/c1-12(16-9-13-2-3-14(16)8-13)20-18(22)11-21-7-5-17-15(10-21)4-6-19-17;/h12-17,19H,2-11H2,1H3,(H,20,22);1H. The number of fused-ring (bicyclic) bond motifs is 3. The van der Waals surface area contributed by atoms with Gasteiger partial charge in [-0.05, 0) is 69.2 Å². The fourth-order valence-electron chi connectivity index (χ4n) is 5.78. The van der Waals surface area contributed by atoms with Crippen LogP contribution in [0.25, 0.3) is 0 Å². The number of halogens is 1. The van der Waals surface area contributed by atoms with Crippen LogP contribution in [-0.2, 0) is 4.79 Å². The van der Waals surface area contributed by atoms with Gasteiger partial charge < -0.3 is 10.6 Å². The molecule has 2 saturated carbocycles. The molecule has 5 heteroatoms. The molecule has 2 aliphatic carbocycles. The van der Waals surface area contributed by atoms with Crippen LogP contribution in [0.15, 0.2) is 0 Å². The summed E-state index contributed by atoms with van der Waals surface area (Å²) in [6.45, 7) is 6.18. The molecule has 4 rings (SSSR count). The van der Waals surface area contributed by atoms with Gasteiger partial charge in [0.25, 0.3) is 0 Å². The number of hydrogen-bond donors (Lipinski definition) is 2. The van der Waals surface area contributed by atoms with Crippen LogP contribution in [-0.4, -0.2) is 49.1 Å². The largest absolute Gasteiger partial charge is 0.352 e. The Morgan fingerprint density at radius 2 is 2.09 bits per heavy atom. The maximum absolute atomic E-state index is 12.4. The molecule has 0 aromatic heterocycles. The summed E-state index contributed by atoms with van der Waals surface area (Å²) in [5.74, 6) is 3.61. The van der Waals surface area contributed by atoms with Gasteiger partial charge in [-0.1, -0.05) is 6.42 Å². The van der Waals surface area contributed by atoms with Gasteiger partial charge in [0.05, 0.1) is 6.54 Å². The lowest BCUT2D eigenvalue weighted by molar-refractivity contribution is -0.123. The van der Waals surface area contributed by atoms with E-state index >= 15 is 0 Å². The lowest BCUT2D eigenvalue weighted by Crippen LogP contribution is -2.50. The third-order valence-corrected chi connectivity index (χ3v) is 6.93. The van der Waals surface area contributed by atoms with Crippen molar-refractivity contribution in [1.82, 2.24) is 15.5 Å². The Labute approximate surface area is 146 Å². The highest BCUT2D eigenvalue weighted by molar-refractivity contribution is 5.85. The topological polar surface area (TPSA) is 44.4 Å². The molecule has 2 heterocycles. The zero-order valence-electron chi connectivity index (χ0n) is 14.3. The maximum atomic E-state index is 12.4. The van der Waals surface area contributed by atoms with Gasteiger partial charge in [-0.25, -0.2) is 0 Å². The SMILES string of the molecule is CC(NC(=O)CN1CCC2NCCC2C1)C1CC2CCC1C2.Cl. The minimum atomic E-state index is 0. The summed E-state index contributed by atoms with van der Waals surface area (Å²) < 4.78 is 0. The van der Waals surface area contributed by atoms with E-state index in [9.17, 15) is 4.79 Å². The number of nitrogens with one attached hydrogen (secondary N) is 2. The molecule has 4 nitrogen and oxygen atoms in total. The second-order valence-corrected chi connectivity index (χ2v) is 8.33. The van der Waals surface area contributed by atoms with E-state index in [1.807, 2.05) is 0 Å². The molecular formula is C18H32ClN3O. The summed E-state index contributed by atoms with van der Waals surface area (Å²) >= 11 is 0. The lowest BCUT2D eigenvalue weighted by Gasteiger charge is -2.35. The summed E-state index contributed by atoms with van der Waals surface area (Å²) in [4.78, 5) is 14.8. The Hall–Kier alpha value is -0.320. The number of hydrogen-bond acceptors (Lipinski definition) is 3. The van der Waals surface area contributed by atoms with Gasteiger partial charge in [0.15, 0.2) is 0 Å². The van der Waals surface area contributed by atoms with Gasteiger partial charge in [0.1, 0.15) is 0 Å². The number of rotatable bonds is 4. The van der Waals surface area contributed by atoms with Crippen molar-refractivity contribution in [3.63, 3.8) is 0 Å². The smallest absolute Gasteiger partial charge is 0.234 e. The normalized spacial score (nSPS) is 40.5. The molecule has 6 unspecified atom stereocenters. The van der Waals surface area contributed by atoms with Gasteiger partial charge in [0.2, 0.25) is 5.91 Å². The van der Waals surface area contributed by atoms with Gasteiger partial charge >= 0.3 is 0 Å². The van der Waals surface area contributed by atoms with Crippen molar-refractivity contribution in [1.29, 1.82) is 0 Å². The summed E-state index contributed by atoms with van der Waals surface area (Å²) in [6.07, 6.45) is 8.10. The molecule has 2 N–H and O–H groups in total. The Bertz CT molecular complexity index is 432. The number of carbonyl (C=O) groups excluding carboxylic acids is 1. The van der Waals surface area contributed by atoms with E-state index in [0.717, 1.165) is 43.3 Å². The van der Waals surface area contributed by atoms with Crippen molar-refractivity contribution >= 4 is 18.3 Å². The quantitative estimate of drug-likeness (QED) is 0.822. The first-order valence-electron chi connectivity index (χ1n) is 9.44. The minimum absolute atomic E-state index is 0. The molecule has 4 aliphatic rings. The molecule has 2 bridgehead atoms. The molecule has 2 saturated heterocycles. The second-order valence-electron chi connectivity index (χ2n) is 8.33. The van der Waals surface area contributed by atoms with E-state index < -0.39 is 0 Å². The van der Waals surface area contributed by atoms with Crippen LogP contribution in [0.2, 0.25) is 0 Å². The molecule has 132 valence electrons. The van der Waals surface area contributed by atoms with E-state index in [4.69, 9.17) is 0 Å². The number of likely N-dealkylation sites (tertiary alicyclic amines) is 1. The zero-order valence-corrected chi connectivity index (χ0v) is 15.1. The highest BCUT2D eigenvalue weighted by atomic mass is 35.5. The number of nitrogens with zero attached hydrogens (tertiary/aromatic N) is 1. The van der Waals surface area contributed by atoms with Gasteiger partial charge in [-0.2, -0.15) is 0 Å². The van der Waals surface area contributed by atoms with E-state index in [1.165, 1.54) is 38.5 Å². The Morgan fingerprint density at radius 1 is 1.22 bits per heavy atom. The van der Waals surface area contributed by atoms with Crippen molar-refractivity contribution in [2.45, 2.75) is 57.5 Å². The van der Waals surface area contributed by atoms with E-state index in [1.54, 1.807) is 0 Å². The highest BCUT2D eigenvalue weighted by Crippen LogP contribution is 2.49. The van der Waals surface area contributed by atoms with Crippen molar-refractivity contribution in [2.24, 2.45) is 23.7 Å². The summed E-state index contributed by atoms with van der Waals surface area (Å²) in [5.41, 5.74) is 0. The highest BCUT2D eigenvalue weighted by Gasteiger charge is 2.42. The van der Waals surface area contributed by atoms with Crippen LogP contribution in [0, 0.1) is 23.7 Å². The van der Waals surface area contributed by atoms with Crippen LogP contribution in [0.5, 0.6) is 0 Å². The van der Waals surface area contributed by atoms with E-state index in [-0.39, 0.29) is 18.3 Å². The van der Waals surface area contributed by atoms with Crippen molar-refractivity contribution in [2.75, 3.05) is 26.2 Å². The van der Waals surface area contributed by atoms with Crippen LogP contribution in [0.4, 0.5) is 0 Å². The Kier molecular flexibility index (Phi) is 5.54. The summed E-state index contributed by atoms with van der Waals surface area (Å²) in [6, 6.07) is 1.08. The molecule has 6 atom stereocenters. The number of amides is 1. The predicted molar refractivity (Wildman–Crippen MR) is 94.7 cm³/mol. The fraction of sp³-hybridized carbons (Fsp3) is 0.944. The first-order valence-corrected chi connectivity index (χ1v) is 9.44. The molecule has 2 aliphatic heterocycles. The van der Waals surface area contributed by atoms with Crippen LogP contribution in [0.3, 0.4) is 0 Å². The van der Waals surface area contributed by atoms with Crippen molar-refractivity contribution in [3.8, 4) is 0 Å². The monoisotopic (exact) mass is 341 g/mol. The molecule has 0 spiro atoms. The molecular weight excluding hydrogens is 310 g/mol. The average molecular weight is 342 g/mol. The van der Waals surface area contributed by atoms with Crippen LogP contribution < -0.4 is 10.6 Å². The third-order valence-electron chi connectivity index (χ3n) is 6.93. The molecule has 0 radical (unpaired) electrons. The maximum Gasteiger partial charge on any atom is 0.234 e. The lowest BCUT2D eigenvalue weighted by atomic mass is 9.84. The van der Waals surface area contributed by atoms with Gasteiger partial charge in [-0.15, -0.1) is 12.4 Å². The summed E-state index contributed by atoms with van der Waals surface area (Å²) in [7, 11) is 0. The van der Waals surface area contributed by atoms with E-state index in [2.05, 4.69) is 22.5 Å². The minimum Gasteiger partial charge on any atom is -0.352 e. The van der Waals surface area contributed by atoms with Crippen molar-refractivity contribution < 1.29 is 4.79 Å². The summed E-state index contributed by atoms with van der Waals surface area (Å²) in [5, 5.41) is 6.91. The average Bonchev–Trinajstić information content (AvgIpc) is 3.22. The Morgan fingerprint density at radius 3 is 2.83 bits per heavy atom. The zero-order chi connectivity index (χ0) is 15.1. The first kappa shape index (κ1) is 17.5. The molecule has 23 heavy (non-hydrogen) atoms. The molecule has 0 aromatic rings. The van der Waals surface area contributed by atoms with Gasteiger partial charge in [0, 0.05) is 25.2 Å². The molecule has 0 aromatic carbocycles. The van der Waals surface area contributed by atoms with Gasteiger partial charge in [-0.3, -0.25) is 9.69 Å². The van der Waals surface area contributed by atoms with Crippen molar-refractivity contribution in [3.05, 3.63) is 0 Å². The number of piperidine rings is 1. The molecule has 1 amide bonds. The third kappa shape index (κ3) is 3.69. The second kappa shape index (κ2) is 7.28. The van der Waals surface area contributed by atoms with Crippen LogP contribution >= 0.6 is 12.4 Å². The first-order chi connectivity index (χ1) is 10.7. The van der Waals surface area contributed by atoms with E-state index in [0.29, 0.717) is 18.6 Å². The fourth-order valence-corrected chi connectivity index (χ4v) is 5.78. The Balaban J connectivity index is 0.00000156. The number of carbonyl (C=O) groups is 1. The van der Waals surface area contributed by atoms with Crippen LogP contribution in [0.1, 0.15) is 45.4 Å².